The van der Waals surface area contributed by atoms with Gasteiger partial charge in [0.2, 0.25) is 0 Å². The van der Waals surface area contributed by atoms with Gasteiger partial charge in [-0.3, -0.25) is 0 Å². The molecule has 2 unspecified atom stereocenters. The zero-order chi connectivity index (χ0) is 25.0. The van der Waals surface area contributed by atoms with E-state index in [2.05, 4.69) is 41.5 Å². The van der Waals surface area contributed by atoms with Crippen LogP contribution in [-0.2, 0) is 29.1 Å². The van der Waals surface area contributed by atoms with E-state index in [1.165, 1.54) is 0 Å². The molecular weight excluding hydrogens is 466 g/mol. The van der Waals surface area contributed by atoms with Gasteiger partial charge in [0.05, 0.1) is 11.9 Å². The van der Waals surface area contributed by atoms with Gasteiger partial charge in [0.25, 0.3) is 0 Å². The molecule has 4 nitrogen and oxygen atoms in total. The van der Waals surface area contributed by atoms with E-state index >= 15 is 0 Å². The van der Waals surface area contributed by atoms with Gasteiger partial charge < -0.3 is 19.8 Å². The summed E-state index contributed by atoms with van der Waals surface area (Å²) in [5.74, 6) is -1.01. The Labute approximate surface area is 214 Å². The molecule has 0 saturated heterocycles. The maximum Gasteiger partial charge on any atom is 2.00 e. The Morgan fingerprint density at radius 3 is 1.21 bits per heavy atom. The third-order valence-corrected chi connectivity index (χ3v) is 7.52. The van der Waals surface area contributed by atoms with E-state index < -0.39 is 11.9 Å². The number of hydrogen-bond donors (Lipinski definition) is 0. The Morgan fingerprint density at radius 2 is 1.00 bits per heavy atom. The molecule has 0 amide bonds. The van der Waals surface area contributed by atoms with E-state index in [0.29, 0.717) is 35.8 Å². The van der Waals surface area contributed by atoms with Crippen LogP contribution in [-0.4, -0.2) is 11.9 Å². The third-order valence-electron chi connectivity index (χ3n) is 7.52. The Bertz CT molecular complexity index is 788. The second-order valence-corrected chi connectivity index (χ2v) is 11.1. The van der Waals surface area contributed by atoms with E-state index in [-0.39, 0.29) is 30.3 Å². The van der Waals surface area contributed by atoms with Crippen LogP contribution in [0.25, 0.3) is 0 Å². The molecule has 0 aromatic carbocycles. The van der Waals surface area contributed by atoms with Gasteiger partial charge in [0, 0.05) is 0 Å². The normalized spacial score (nSPS) is 23.5. The largest absolute Gasteiger partial charge is 2.00 e. The minimum atomic E-state index is -1.01. The molecule has 2 atom stereocenters. The molecule has 33 heavy (non-hydrogen) atoms. The molecular formula is C28H42O4Zn. The van der Waals surface area contributed by atoms with Crippen molar-refractivity contribution in [2.75, 3.05) is 0 Å². The maximum atomic E-state index is 11.1. The van der Waals surface area contributed by atoms with Crippen LogP contribution in [0.4, 0.5) is 0 Å². The average Bonchev–Trinajstić information content (AvgIpc) is 2.63. The Morgan fingerprint density at radius 1 is 0.727 bits per heavy atom. The fraction of sp³-hybridized carbons (Fsp3) is 0.643. The second kappa shape index (κ2) is 12.3. The first-order chi connectivity index (χ1) is 14.5. The number of carbonyl (C=O) groups is 2. The summed E-state index contributed by atoms with van der Waals surface area (Å²) in [4.78, 5) is 22.3. The molecule has 0 aromatic rings. The molecule has 0 saturated carbocycles. The van der Waals surface area contributed by atoms with Crippen molar-refractivity contribution in [3.63, 3.8) is 0 Å². The molecule has 2 aliphatic carbocycles. The third kappa shape index (κ3) is 7.77. The van der Waals surface area contributed by atoms with E-state index in [4.69, 9.17) is 0 Å². The molecule has 180 valence electrons. The van der Waals surface area contributed by atoms with Crippen molar-refractivity contribution in [3.8, 4) is 0 Å². The zero-order valence-corrected chi connectivity index (χ0v) is 25.4. The van der Waals surface area contributed by atoms with E-state index in [9.17, 15) is 19.8 Å². The van der Waals surface area contributed by atoms with Gasteiger partial charge in [0.15, 0.2) is 0 Å². The molecule has 2 rings (SSSR count). The molecule has 2 aliphatic rings. The molecule has 5 heteroatoms. The first kappa shape index (κ1) is 31.5. The molecule has 0 aliphatic heterocycles. The summed E-state index contributed by atoms with van der Waals surface area (Å²) in [5.41, 5.74) is 4.99. The molecule has 0 fully saturated rings. The summed E-state index contributed by atoms with van der Waals surface area (Å²) in [6, 6.07) is 0. The van der Waals surface area contributed by atoms with Crippen LogP contribution in [0.2, 0.25) is 0 Å². The van der Waals surface area contributed by atoms with Crippen LogP contribution in [0.3, 0.4) is 0 Å². The minimum absolute atomic E-state index is 0. The van der Waals surface area contributed by atoms with Crippen LogP contribution in [0.15, 0.2) is 45.6 Å². The molecule has 0 N–H and O–H groups in total. The summed E-state index contributed by atoms with van der Waals surface area (Å²) in [5, 5.41) is 22.3. The number of rotatable bonds is 4. The monoisotopic (exact) mass is 506 g/mol. The van der Waals surface area contributed by atoms with E-state index in [1.807, 2.05) is 39.8 Å². The van der Waals surface area contributed by atoms with Crippen molar-refractivity contribution in [2.24, 2.45) is 22.7 Å². The van der Waals surface area contributed by atoms with Gasteiger partial charge in [0.1, 0.15) is 0 Å². The van der Waals surface area contributed by atoms with Gasteiger partial charge in [-0.25, -0.2) is 0 Å². The predicted molar refractivity (Wildman–Crippen MR) is 127 cm³/mol. The number of aliphatic carboxylic acids is 2. The zero-order valence-electron chi connectivity index (χ0n) is 22.5. The van der Waals surface area contributed by atoms with Crippen LogP contribution in [0, 0.1) is 22.7 Å². The Hall–Kier alpha value is -1.48. The van der Waals surface area contributed by atoms with Gasteiger partial charge in [-0.2, -0.15) is 0 Å². The topological polar surface area (TPSA) is 80.3 Å². The first-order valence-corrected chi connectivity index (χ1v) is 11.7. The van der Waals surface area contributed by atoms with Crippen LogP contribution < -0.4 is 10.2 Å². The molecule has 0 bridgehead atoms. The van der Waals surface area contributed by atoms with Crippen molar-refractivity contribution >= 4 is 11.9 Å². The fourth-order valence-electron chi connectivity index (χ4n) is 4.57. The number of carbonyl (C=O) groups excluding carboxylic acids is 2. The van der Waals surface area contributed by atoms with Crippen LogP contribution in [0.1, 0.15) is 94.9 Å². The Balaban J connectivity index is 0.000000602. The van der Waals surface area contributed by atoms with E-state index in [0.717, 1.165) is 35.1 Å². The minimum Gasteiger partial charge on any atom is -0.545 e. The van der Waals surface area contributed by atoms with E-state index in [1.54, 1.807) is 0 Å². The van der Waals surface area contributed by atoms with Crippen LogP contribution >= 0.6 is 0 Å². The second-order valence-electron chi connectivity index (χ2n) is 11.1. The quantitative estimate of drug-likeness (QED) is 0.506. The summed E-state index contributed by atoms with van der Waals surface area (Å²) >= 11 is 0. The molecule has 0 radical (unpaired) electrons. The summed E-state index contributed by atoms with van der Waals surface area (Å²) in [7, 11) is 0. The van der Waals surface area contributed by atoms with Gasteiger partial charge >= 0.3 is 19.5 Å². The fourth-order valence-corrected chi connectivity index (χ4v) is 4.57. The number of carboxylic acids is 2. The maximum absolute atomic E-state index is 11.1. The smallest absolute Gasteiger partial charge is 0.545 e. The van der Waals surface area contributed by atoms with Crippen molar-refractivity contribution in [2.45, 2.75) is 94.9 Å². The molecule has 0 heterocycles. The predicted octanol–water partition coefficient (Wildman–Crippen LogP) is 4.91. The summed E-state index contributed by atoms with van der Waals surface area (Å²) in [6.45, 7) is 20.8. The van der Waals surface area contributed by atoms with Crippen molar-refractivity contribution in [1.29, 1.82) is 0 Å². The molecule has 0 aromatic heterocycles. The summed E-state index contributed by atoms with van der Waals surface area (Å²) in [6.07, 6.45) is 7.12. The SMILES string of the molecule is CC(C)=CC1=C(C(=O)[O-])CCC(C)C1(C)C.CC(C)=CC1=C(C(=O)[O-])CCC(C)C1(C)C.[Zn+2]. The molecule has 0 spiro atoms. The van der Waals surface area contributed by atoms with Crippen molar-refractivity contribution in [3.05, 3.63) is 45.6 Å². The van der Waals surface area contributed by atoms with Crippen molar-refractivity contribution in [1.82, 2.24) is 0 Å². The van der Waals surface area contributed by atoms with Crippen LogP contribution in [0.5, 0.6) is 0 Å². The van der Waals surface area contributed by atoms with Gasteiger partial charge in [-0.1, -0.05) is 64.8 Å². The number of allylic oxidation sites excluding steroid dienone is 6. The van der Waals surface area contributed by atoms with Crippen molar-refractivity contribution < 1.29 is 39.3 Å². The summed E-state index contributed by atoms with van der Waals surface area (Å²) < 4.78 is 0. The average molecular weight is 508 g/mol. The number of hydrogen-bond acceptors (Lipinski definition) is 4. The standard InChI is InChI=1S/2C14H22O2.Zn/c2*1-9(2)8-12-11(13(15)16)7-6-10(3)14(12,4)5;/h2*8,10H,6-7H2,1-5H3,(H,15,16);/q;;+2/p-2. The van der Waals surface area contributed by atoms with Gasteiger partial charge in [-0.05, 0) is 98.3 Å². The number of carboxylic acid groups (broad SMARTS) is 2. The first-order valence-electron chi connectivity index (χ1n) is 11.7. The van der Waals surface area contributed by atoms with Gasteiger partial charge in [-0.15, -0.1) is 0 Å². The Kier molecular flexibility index (Phi) is 11.7.